The van der Waals surface area contributed by atoms with Gasteiger partial charge in [-0.3, -0.25) is 9.69 Å². The fourth-order valence-electron chi connectivity index (χ4n) is 3.04. The van der Waals surface area contributed by atoms with Crippen LogP contribution in [0.2, 0.25) is 0 Å². The molecule has 5 nitrogen and oxygen atoms in total. The molecule has 0 unspecified atom stereocenters. The number of hydrogen-bond donors (Lipinski definition) is 0. The first kappa shape index (κ1) is 21.8. The van der Waals surface area contributed by atoms with E-state index in [4.69, 9.17) is 4.74 Å². The van der Waals surface area contributed by atoms with Crippen LogP contribution in [0.15, 0.2) is 95.2 Å². The van der Waals surface area contributed by atoms with Crippen LogP contribution < -0.4 is 4.74 Å². The zero-order chi connectivity index (χ0) is 22.3. The molecular formula is C25H21N3O2S2. The molecule has 160 valence electrons. The van der Waals surface area contributed by atoms with Gasteiger partial charge >= 0.3 is 0 Å². The maximum Gasteiger partial charge on any atom is 0.267 e. The van der Waals surface area contributed by atoms with Gasteiger partial charge in [0.05, 0.1) is 10.6 Å². The quantitative estimate of drug-likeness (QED) is 0.299. The van der Waals surface area contributed by atoms with Crippen molar-refractivity contribution in [2.75, 3.05) is 13.2 Å². The van der Waals surface area contributed by atoms with E-state index in [2.05, 4.69) is 23.1 Å². The number of carbonyl (C=O) groups is 1. The highest BCUT2D eigenvalue weighted by Crippen LogP contribution is 2.36. The number of nitrogens with zero attached hydrogens (tertiary/aromatic N) is 3. The topological polar surface area (TPSA) is 54.8 Å². The zero-order valence-electron chi connectivity index (χ0n) is 17.3. The summed E-state index contributed by atoms with van der Waals surface area (Å²) in [7, 11) is 0. The van der Waals surface area contributed by atoms with Gasteiger partial charge in [-0.15, -0.1) is 17.9 Å². The second-order valence-electron chi connectivity index (χ2n) is 6.73. The van der Waals surface area contributed by atoms with E-state index in [0.29, 0.717) is 34.1 Å². The lowest BCUT2D eigenvalue weighted by Crippen LogP contribution is -2.29. The summed E-state index contributed by atoms with van der Waals surface area (Å²) >= 11 is 2.77. The van der Waals surface area contributed by atoms with Crippen LogP contribution in [0.4, 0.5) is 5.13 Å². The van der Waals surface area contributed by atoms with E-state index in [9.17, 15) is 4.79 Å². The third kappa shape index (κ3) is 4.90. The fraction of sp³-hybridized carbons (Fsp3) is 0.0800. The Morgan fingerprint density at radius 2 is 1.84 bits per heavy atom. The molecule has 1 saturated heterocycles. The molecule has 1 aromatic heterocycles. The molecule has 32 heavy (non-hydrogen) atoms. The Balaban J connectivity index is 1.64. The van der Waals surface area contributed by atoms with Gasteiger partial charge in [-0.25, -0.2) is 4.98 Å². The average molecular weight is 460 g/mol. The number of carbonyl (C=O) groups excluding carboxylic acids is 1. The number of hydrogen-bond acceptors (Lipinski definition) is 6. The lowest BCUT2D eigenvalue weighted by Gasteiger charge is -2.11. The number of rotatable bonds is 8. The summed E-state index contributed by atoms with van der Waals surface area (Å²) in [5.74, 6) is 0.577. The van der Waals surface area contributed by atoms with E-state index in [1.54, 1.807) is 17.1 Å². The molecule has 0 N–H and O–H groups in total. The minimum absolute atomic E-state index is 0.119. The van der Waals surface area contributed by atoms with Crippen LogP contribution in [0.1, 0.15) is 5.56 Å². The number of ether oxygens (including phenoxy) is 1. The molecule has 2 aromatic carbocycles. The molecule has 2 heterocycles. The van der Waals surface area contributed by atoms with Crippen molar-refractivity contribution in [3.05, 3.63) is 95.8 Å². The highest BCUT2D eigenvalue weighted by Gasteiger charge is 2.33. The van der Waals surface area contributed by atoms with Crippen molar-refractivity contribution in [1.82, 2.24) is 9.88 Å². The summed E-state index contributed by atoms with van der Waals surface area (Å²) < 4.78 is 5.72. The van der Waals surface area contributed by atoms with Crippen LogP contribution in [0.5, 0.6) is 5.75 Å². The largest absolute Gasteiger partial charge is 0.489 e. The van der Waals surface area contributed by atoms with Crippen LogP contribution in [-0.2, 0) is 4.79 Å². The number of thioether (sulfide) groups is 1. The van der Waals surface area contributed by atoms with Crippen molar-refractivity contribution < 1.29 is 9.53 Å². The van der Waals surface area contributed by atoms with Gasteiger partial charge in [-0.2, -0.15) is 4.99 Å². The summed E-state index contributed by atoms with van der Waals surface area (Å²) in [6, 6.07) is 17.5. The van der Waals surface area contributed by atoms with Crippen molar-refractivity contribution in [3.8, 4) is 17.0 Å². The molecule has 0 saturated carbocycles. The molecular weight excluding hydrogens is 438 g/mol. The molecule has 3 aromatic rings. The predicted octanol–water partition coefficient (Wildman–Crippen LogP) is 6.16. The third-order valence-electron chi connectivity index (χ3n) is 4.51. The van der Waals surface area contributed by atoms with E-state index >= 15 is 0 Å². The van der Waals surface area contributed by atoms with Crippen LogP contribution in [-0.4, -0.2) is 34.1 Å². The minimum atomic E-state index is -0.119. The lowest BCUT2D eigenvalue weighted by molar-refractivity contribution is -0.121. The van der Waals surface area contributed by atoms with E-state index in [-0.39, 0.29) is 5.91 Å². The summed E-state index contributed by atoms with van der Waals surface area (Å²) in [6.45, 7) is 8.23. The molecule has 0 aliphatic carbocycles. The lowest BCUT2D eigenvalue weighted by atomic mass is 10.2. The molecule has 0 spiro atoms. The van der Waals surface area contributed by atoms with Gasteiger partial charge in [0.2, 0.25) is 5.13 Å². The summed E-state index contributed by atoms with van der Waals surface area (Å²) in [6.07, 6.45) is 5.21. The van der Waals surface area contributed by atoms with Gasteiger partial charge in [0.25, 0.3) is 5.91 Å². The molecule has 0 radical (unpaired) electrons. The van der Waals surface area contributed by atoms with E-state index < -0.39 is 0 Å². The Morgan fingerprint density at radius 3 is 2.62 bits per heavy atom. The summed E-state index contributed by atoms with van der Waals surface area (Å²) in [5, 5.41) is 3.15. The van der Waals surface area contributed by atoms with Crippen molar-refractivity contribution in [2.45, 2.75) is 0 Å². The first-order valence-electron chi connectivity index (χ1n) is 9.94. The highest BCUT2D eigenvalue weighted by atomic mass is 32.2. The number of amidine groups is 1. The van der Waals surface area contributed by atoms with Gasteiger partial charge in [0.15, 0.2) is 5.17 Å². The number of aliphatic imine (C=N–C) groups is 1. The van der Waals surface area contributed by atoms with Crippen molar-refractivity contribution in [3.63, 3.8) is 0 Å². The smallest absolute Gasteiger partial charge is 0.267 e. The summed E-state index contributed by atoms with van der Waals surface area (Å²) in [4.78, 5) is 24.6. The Morgan fingerprint density at radius 1 is 1.06 bits per heavy atom. The number of amides is 1. The molecule has 1 amide bonds. The Labute approximate surface area is 195 Å². The first-order valence-corrected chi connectivity index (χ1v) is 11.6. The van der Waals surface area contributed by atoms with Crippen LogP contribution in [0, 0.1) is 0 Å². The standard InChI is InChI=1S/C25H21N3O2S2/c1-3-14-28-23(29)22(16-19-12-8-9-13-21(19)30-15-4-2)32-25(28)27-24-26-20(17-31-24)18-10-6-5-7-11-18/h3-13,16-17H,1-2,14-15H2/b22-16-,27-25+. The zero-order valence-corrected chi connectivity index (χ0v) is 18.9. The SMILES string of the molecule is C=CCOc1ccccc1/C=C1\S/C(=N/c2nc(-c3ccccc3)cs2)N(CC=C)C1=O. The second-order valence-corrected chi connectivity index (χ2v) is 8.57. The normalized spacial score (nSPS) is 16.0. The third-order valence-corrected chi connectivity index (χ3v) is 6.26. The average Bonchev–Trinajstić information content (AvgIpc) is 3.40. The number of aromatic nitrogens is 1. The monoisotopic (exact) mass is 459 g/mol. The number of para-hydroxylation sites is 1. The molecule has 0 bridgehead atoms. The van der Waals surface area contributed by atoms with Crippen LogP contribution in [0.3, 0.4) is 0 Å². The highest BCUT2D eigenvalue weighted by molar-refractivity contribution is 8.18. The van der Waals surface area contributed by atoms with Gasteiger partial charge in [0.1, 0.15) is 12.4 Å². The second kappa shape index (κ2) is 10.3. The molecule has 4 rings (SSSR count). The summed E-state index contributed by atoms with van der Waals surface area (Å²) in [5.41, 5.74) is 2.72. The number of thiazole rings is 1. The Hall–Kier alpha value is -3.42. The Kier molecular flexibility index (Phi) is 6.99. The van der Waals surface area contributed by atoms with E-state index in [1.165, 1.54) is 23.1 Å². The molecule has 1 aliphatic heterocycles. The van der Waals surface area contributed by atoms with Crippen LogP contribution in [0.25, 0.3) is 17.3 Å². The van der Waals surface area contributed by atoms with E-state index in [1.807, 2.05) is 66.1 Å². The molecule has 7 heteroatoms. The Bertz CT molecular complexity index is 1200. The van der Waals surface area contributed by atoms with Gasteiger partial charge < -0.3 is 4.74 Å². The van der Waals surface area contributed by atoms with Crippen molar-refractivity contribution in [2.24, 2.45) is 4.99 Å². The minimum Gasteiger partial charge on any atom is -0.489 e. The molecule has 1 aliphatic rings. The maximum atomic E-state index is 13.1. The van der Waals surface area contributed by atoms with Crippen molar-refractivity contribution in [1.29, 1.82) is 0 Å². The first-order chi connectivity index (χ1) is 15.7. The fourth-order valence-corrected chi connectivity index (χ4v) is 4.78. The predicted molar refractivity (Wildman–Crippen MR) is 134 cm³/mol. The van der Waals surface area contributed by atoms with Crippen LogP contribution >= 0.6 is 23.1 Å². The van der Waals surface area contributed by atoms with Gasteiger partial charge in [-0.05, 0) is 23.9 Å². The molecule has 0 atom stereocenters. The molecule has 1 fully saturated rings. The van der Waals surface area contributed by atoms with Crippen molar-refractivity contribution >= 4 is 45.4 Å². The van der Waals surface area contributed by atoms with Gasteiger partial charge in [-0.1, -0.05) is 67.3 Å². The number of benzene rings is 2. The van der Waals surface area contributed by atoms with Gasteiger partial charge in [0, 0.05) is 23.1 Å². The maximum absolute atomic E-state index is 13.1. The van der Waals surface area contributed by atoms with E-state index in [0.717, 1.165) is 16.8 Å².